The van der Waals surface area contributed by atoms with E-state index in [2.05, 4.69) is 47.3 Å². The third-order valence-electron chi connectivity index (χ3n) is 4.10. The fourth-order valence-corrected chi connectivity index (χ4v) is 2.92. The van der Waals surface area contributed by atoms with Gasteiger partial charge in [-0.2, -0.15) is 4.98 Å². The Morgan fingerprint density at radius 1 is 1.23 bits per heavy atom. The van der Waals surface area contributed by atoms with Crippen molar-refractivity contribution in [1.29, 1.82) is 0 Å². The predicted molar refractivity (Wildman–Crippen MR) is 87.6 cm³/mol. The van der Waals surface area contributed by atoms with Crippen molar-refractivity contribution in [2.24, 2.45) is 0 Å². The molecular weight excluding hydrogens is 278 g/mol. The van der Waals surface area contributed by atoms with Crippen LogP contribution in [0.15, 0.2) is 28.8 Å². The summed E-state index contributed by atoms with van der Waals surface area (Å²) in [4.78, 5) is 7.28. The van der Waals surface area contributed by atoms with Gasteiger partial charge in [0, 0.05) is 30.1 Å². The van der Waals surface area contributed by atoms with E-state index in [0.717, 1.165) is 11.1 Å². The van der Waals surface area contributed by atoms with Crippen LogP contribution in [0.2, 0.25) is 0 Å². The first kappa shape index (κ1) is 14.5. The van der Waals surface area contributed by atoms with Crippen LogP contribution in [0.25, 0.3) is 10.9 Å². The highest BCUT2D eigenvalue weighted by Gasteiger charge is 2.24. The zero-order valence-corrected chi connectivity index (χ0v) is 13.3. The molecule has 0 bridgehead atoms. The number of aromatic nitrogens is 2. The van der Waals surface area contributed by atoms with Crippen LogP contribution >= 0.6 is 0 Å². The van der Waals surface area contributed by atoms with Crippen LogP contribution in [0, 0.1) is 0 Å². The van der Waals surface area contributed by atoms with Gasteiger partial charge in [-0.25, -0.2) is 0 Å². The molecule has 3 N–H and O–H groups in total. The molecule has 0 amide bonds. The number of hydrogen-bond acceptors (Lipinski definition) is 4. The van der Waals surface area contributed by atoms with Crippen LogP contribution < -0.4 is 5.32 Å². The Balaban J connectivity index is 2.15. The molecule has 0 aliphatic heterocycles. The molecule has 2 aromatic heterocycles. The SMILES string of the molecule is CNc1nc(O)c(C(C)c2c[nH]c3cccc(C(C)C)c23)o1. The van der Waals surface area contributed by atoms with E-state index in [9.17, 15) is 5.11 Å². The van der Waals surface area contributed by atoms with E-state index < -0.39 is 0 Å². The molecule has 0 radical (unpaired) electrons. The van der Waals surface area contributed by atoms with Crippen molar-refractivity contribution in [2.45, 2.75) is 32.6 Å². The predicted octanol–water partition coefficient (Wildman–Crippen LogP) is 4.18. The lowest BCUT2D eigenvalue weighted by atomic mass is 9.91. The Morgan fingerprint density at radius 2 is 2.00 bits per heavy atom. The number of fused-ring (bicyclic) bond motifs is 1. The quantitative estimate of drug-likeness (QED) is 0.675. The number of nitrogens with zero attached hydrogens (tertiary/aromatic N) is 1. The second kappa shape index (κ2) is 5.40. The summed E-state index contributed by atoms with van der Waals surface area (Å²) in [5, 5.41) is 14.0. The first-order valence-electron chi connectivity index (χ1n) is 7.50. The smallest absolute Gasteiger partial charge is 0.297 e. The maximum atomic E-state index is 10.0. The average Bonchev–Trinajstić information content (AvgIpc) is 3.09. The van der Waals surface area contributed by atoms with Gasteiger partial charge < -0.3 is 19.8 Å². The highest BCUT2D eigenvalue weighted by atomic mass is 16.4. The minimum Gasteiger partial charge on any atom is -0.491 e. The lowest BCUT2D eigenvalue weighted by Gasteiger charge is -2.12. The summed E-state index contributed by atoms with van der Waals surface area (Å²) in [6, 6.07) is 6.60. The fraction of sp³-hybridized carbons (Fsp3) is 0.353. The molecule has 0 fully saturated rings. The third-order valence-corrected chi connectivity index (χ3v) is 4.10. The molecule has 5 heteroatoms. The normalized spacial score (nSPS) is 13.0. The summed E-state index contributed by atoms with van der Waals surface area (Å²) in [5.74, 6) is 0.738. The Hall–Kier alpha value is -2.43. The minimum atomic E-state index is -0.0942. The molecule has 0 aliphatic carbocycles. The Morgan fingerprint density at radius 3 is 2.64 bits per heavy atom. The Kier molecular flexibility index (Phi) is 3.56. The molecule has 1 atom stereocenters. The van der Waals surface area contributed by atoms with Crippen LogP contribution in [0.3, 0.4) is 0 Å². The van der Waals surface area contributed by atoms with E-state index in [-0.39, 0.29) is 11.8 Å². The Bertz CT molecular complexity index is 801. The number of hydrogen-bond donors (Lipinski definition) is 3. The zero-order chi connectivity index (χ0) is 15.9. The number of aromatic amines is 1. The summed E-state index contributed by atoms with van der Waals surface area (Å²) in [6.45, 7) is 6.38. The molecule has 0 saturated carbocycles. The second-order valence-electron chi connectivity index (χ2n) is 5.85. The number of nitrogens with one attached hydrogen (secondary N) is 2. The molecule has 1 aromatic carbocycles. The van der Waals surface area contributed by atoms with Crippen molar-refractivity contribution in [1.82, 2.24) is 9.97 Å². The van der Waals surface area contributed by atoms with Gasteiger partial charge in [-0.05, 0) is 23.1 Å². The van der Waals surface area contributed by atoms with Gasteiger partial charge in [0.15, 0.2) is 5.76 Å². The van der Waals surface area contributed by atoms with Crippen LogP contribution in [0.4, 0.5) is 6.01 Å². The molecule has 0 saturated heterocycles. The lowest BCUT2D eigenvalue weighted by molar-refractivity contribution is 0.421. The fourth-order valence-electron chi connectivity index (χ4n) is 2.92. The largest absolute Gasteiger partial charge is 0.491 e. The van der Waals surface area contributed by atoms with E-state index in [1.165, 1.54) is 10.9 Å². The van der Waals surface area contributed by atoms with Gasteiger partial charge in [-0.1, -0.05) is 32.9 Å². The number of aromatic hydroxyl groups is 1. The first-order valence-corrected chi connectivity index (χ1v) is 7.50. The van der Waals surface area contributed by atoms with Crippen LogP contribution in [-0.2, 0) is 0 Å². The number of H-pyrrole nitrogens is 1. The molecule has 1 unspecified atom stereocenters. The zero-order valence-electron chi connectivity index (χ0n) is 13.3. The number of rotatable bonds is 4. The highest BCUT2D eigenvalue weighted by Crippen LogP contribution is 2.38. The summed E-state index contributed by atoms with van der Waals surface area (Å²) >= 11 is 0. The molecule has 116 valence electrons. The minimum absolute atomic E-state index is 0.0618. The summed E-state index contributed by atoms with van der Waals surface area (Å²) in [6.07, 6.45) is 1.99. The Labute approximate surface area is 129 Å². The molecule has 5 nitrogen and oxygen atoms in total. The van der Waals surface area contributed by atoms with Crippen molar-refractivity contribution < 1.29 is 9.52 Å². The topological polar surface area (TPSA) is 74.1 Å². The van der Waals surface area contributed by atoms with Crippen molar-refractivity contribution in [3.63, 3.8) is 0 Å². The molecule has 3 aromatic rings. The third kappa shape index (κ3) is 2.22. The lowest BCUT2D eigenvalue weighted by Crippen LogP contribution is -1.97. The molecule has 3 rings (SSSR count). The number of benzene rings is 1. The van der Waals surface area contributed by atoms with Gasteiger partial charge in [-0.3, -0.25) is 0 Å². The summed E-state index contributed by atoms with van der Waals surface area (Å²) in [5.41, 5.74) is 3.49. The van der Waals surface area contributed by atoms with E-state index in [1.807, 2.05) is 13.1 Å². The maximum absolute atomic E-state index is 10.0. The van der Waals surface area contributed by atoms with Crippen molar-refractivity contribution in [3.8, 4) is 5.88 Å². The van der Waals surface area contributed by atoms with E-state index in [4.69, 9.17) is 4.42 Å². The van der Waals surface area contributed by atoms with Gasteiger partial charge in [0.2, 0.25) is 0 Å². The van der Waals surface area contributed by atoms with Gasteiger partial charge in [0.05, 0.1) is 0 Å². The number of oxazole rings is 1. The summed E-state index contributed by atoms with van der Waals surface area (Å²) in [7, 11) is 1.71. The van der Waals surface area contributed by atoms with Gasteiger partial charge >= 0.3 is 0 Å². The standard InChI is InChI=1S/C17H21N3O2/c1-9(2)11-6-5-7-13-14(11)12(8-19-13)10(3)15-16(21)20-17(18-4)22-15/h5-10,19,21H,1-4H3,(H,18,20). The maximum Gasteiger partial charge on any atom is 0.297 e. The van der Waals surface area contributed by atoms with E-state index >= 15 is 0 Å². The molecule has 2 heterocycles. The molecular formula is C17H21N3O2. The van der Waals surface area contributed by atoms with Crippen molar-refractivity contribution >= 4 is 16.9 Å². The monoisotopic (exact) mass is 299 g/mol. The average molecular weight is 299 g/mol. The molecule has 22 heavy (non-hydrogen) atoms. The van der Waals surface area contributed by atoms with Gasteiger partial charge in [-0.15, -0.1) is 0 Å². The molecule has 0 spiro atoms. The van der Waals surface area contributed by atoms with Crippen molar-refractivity contribution in [3.05, 3.63) is 41.3 Å². The highest BCUT2D eigenvalue weighted by molar-refractivity contribution is 5.88. The van der Waals surface area contributed by atoms with Gasteiger partial charge in [0.25, 0.3) is 11.9 Å². The first-order chi connectivity index (χ1) is 10.5. The van der Waals surface area contributed by atoms with Crippen LogP contribution in [0.5, 0.6) is 5.88 Å². The summed E-state index contributed by atoms with van der Waals surface area (Å²) < 4.78 is 5.61. The van der Waals surface area contributed by atoms with Crippen LogP contribution in [0.1, 0.15) is 49.5 Å². The molecule has 0 aliphatic rings. The van der Waals surface area contributed by atoms with Crippen LogP contribution in [-0.4, -0.2) is 22.1 Å². The second-order valence-corrected chi connectivity index (χ2v) is 5.85. The van der Waals surface area contributed by atoms with Gasteiger partial charge in [0.1, 0.15) is 0 Å². The van der Waals surface area contributed by atoms with E-state index in [0.29, 0.717) is 17.7 Å². The van der Waals surface area contributed by atoms with Crippen molar-refractivity contribution in [2.75, 3.05) is 12.4 Å². The number of anilines is 1. The van der Waals surface area contributed by atoms with E-state index in [1.54, 1.807) is 7.05 Å².